The largest absolute Gasteiger partial charge is 0.491 e. The lowest BCUT2D eigenvalue weighted by Crippen LogP contribution is -2.29. The molecule has 1 N–H and O–H groups in total. The summed E-state index contributed by atoms with van der Waals surface area (Å²) in [6.07, 6.45) is 1.24. The molecule has 114 valence electrons. The van der Waals surface area contributed by atoms with Crippen molar-refractivity contribution >= 4 is 0 Å². The summed E-state index contributed by atoms with van der Waals surface area (Å²) in [5.41, 5.74) is 0. The van der Waals surface area contributed by atoms with Gasteiger partial charge in [0.05, 0.1) is 12.7 Å². The molecule has 0 aromatic heterocycles. The molecule has 1 rings (SSSR count). The molecule has 0 heterocycles. The maximum absolute atomic E-state index is 5.67. The SMILES string of the molecule is CCOCCCNCC(C)OCCOc1ccccc1. The molecule has 1 unspecified atom stereocenters. The first-order valence-corrected chi connectivity index (χ1v) is 7.41. The highest BCUT2D eigenvalue weighted by atomic mass is 16.5. The summed E-state index contributed by atoms with van der Waals surface area (Å²) in [5, 5.41) is 3.36. The maximum atomic E-state index is 5.67. The molecule has 0 saturated heterocycles. The van der Waals surface area contributed by atoms with Crippen LogP contribution in [0.5, 0.6) is 5.75 Å². The number of benzene rings is 1. The minimum absolute atomic E-state index is 0.196. The number of ether oxygens (including phenoxy) is 3. The van der Waals surface area contributed by atoms with Crippen molar-refractivity contribution in [2.24, 2.45) is 0 Å². The summed E-state index contributed by atoms with van der Waals surface area (Å²) in [4.78, 5) is 0. The van der Waals surface area contributed by atoms with Crippen LogP contribution in [-0.4, -0.2) is 45.6 Å². The Labute approximate surface area is 122 Å². The van der Waals surface area contributed by atoms with Gasteiger partial charge in [-0.1, -0.05) is 18.2 Å². The summed E-state index contributed by atoms with van der Waals surface area (Å²) in [5.74, 6) is 0.887. The van der Waals surface area contributed by atoms with Crippen LogP contribution in [0.4, 0.5) is 0 Å². The molecule has 0 aliphatic heterocycles. The van der Waals surface area contributed by atoms with Gasteiger partial charge in [-0.15, -0.1) is 0 Å². The van der Waals surface area contributed by atoms with Crippen molar-refractivity contribution in [2.75, 3.05) is 39.5 Å². The topological polar surface area (TPSA) is 39.7 Å². The predicted molar refractivity (Wildman–Crippen MR) is 81.3 cm³/mol. The average Bonchev–Trinajstić information content (AvgIpc) is 2.48. The van der Waals surface area contributed by atoms with E-state index in [0.29, 0.717) is 13.2 Å². The van der Waals surface area contributed by atoms with Crippen molar-refractivity contribution in [1.29, 1.82) is 0 Å². The highest BCUT2D eigenvalue weighted by Gasteiger charge is 2.01. The summed E-state index contributed by atoms with van der Waals surface area (Å²) in [6.45, 7) is 8.71. The minimum Gasteiger partial charge on any atom is -0.491 e. The molecule has 1 aromatic rings. The second kappa shape index (κ2) is 11.7. The second-order valence-electron chi connectivity index (χ2n) is 4.60. The van der Waals surface area contributed by atoms with Crippen molar-refractivity contribution in [3.05, 3.63) is 30.3 Å². The number of rotatable bonds is 12. The molecule has 0 spiro atoms. The lowest BCUT2D eigenvalue weighted by Gasteiger charge is -2.14. The standard InChI is InChI=1S/C16H27NO3/c1-3-18-11-7-10-17-14-15(2)19-12-13-20-16-8-5-4-6-9-16/h4-6,8-9,15,17H,3,7,10-14H2,1-2H3. The van der Waals surface area contributed by atoms with Gasteiger partial charge in [-0.3, -0.25) is 0 Å². The quantitative estimate of drug-likeness (QED) is 0.598. The fourth-order valence-electron chi connectivity index (χ4n) is 1.73. The average molecular weight is 281 g/mol. The molecule has 0 bridgehead atoms. The molecule has 0 aliphatic rings. The number of hydrogen-bond donors (Lipinski definition) is 1. The second-order valence-corrected chi connectivity index (χ2v) is 4.60. The monoisotopic (exact) mass is 281 g/mol. The van der Waals surface area contributed by atoms with Crippen molar-refractivity contribution in [3.63, 3.8) is 0 Å². The molecule has 1 atom stereocenters. The Balaban J connectivity index is 1.91. The van der Waals surface area contributed by atoms with Crippen LogP contribution < -0.4 is 10.1 Å². The van der Waals surface area contributed by atoms with Crippen LogP contribution in [0.25, 0.3) is 0 Å². The van der Waals surface area contributed by atoms with Gasteiger partial charge < -0.3 is 19.5 Å². The van der Waals surface area contributed by atoms with Gasteiger partial charge in [0.2, 0.25) is 0 Å². The van der Waals surface area contributed by atoms with E-state index in [0.717, 1.165) is 38.5 Å². The van der Waals surface area contributed by atoms with Crippen molar-refractivity contribution in [1.82, 2.24) is 5.32 Å². The summed E-state index contributed by atoms with van der Waals surface area (Å²) >= 11 is 0. The van der Waals surface area contributed by atoms with Crippen molar-refractivity contribution in [2.45, 2.75) is 26.4 Å². The summed E-state index contributed by atoms with van der Waals surface area (Å²) in [6, 6.07) is 9.80. The van der Waals surface area contributed by atoms with Crippen LogP contribution >= 0.6 is 0 Å². The minimum atomic E-state index is 0.196. The van der Waals surface area contributed by atoms with Crippen LogP contribution in [-0.2, 0) is 9.47 Å². The first-order chi connectivity index (χ1) is 9.83. The normalized spacial score (nSPS) is 12.3. The molecule has 0 saturated carbocycles. The Morgan fingerprint density at radius 3 is 2.65 bits per heavy atom. The van der Waals surface area contributed by atoms with Gasteiger partial charge in [-0.2, -0.15) is 0 Å². The third-order valence-electron chi connectivity index (χ3n) is 2.78. The molecule has 0 amide bonds. The molecule has 0 fully saturated rings. The highest BCUT2D eigenvalue weighted by molar-refractivity contribution is 5.20. The third-order valence-corrected chi connectivity index (χ3v) is 2.78. The fourth-order valence-corrected chi connectivity index (χ4v) is 1.73. The fraction of sp³-hybridized carbons (Fsp3) is 0.625. The third kappa shape index (κ3) is 8.91. The van der Waals surface area contributed by atoms with E-state index in [1.807, 2.05) is 37.3 Å². The zero-order valence-corrected chi connectivity index (χ0v) is 12.6. The van der Waals surface area contributed by atoms with Gasteiger partial charge in [0.15, 0.2) is 0 Å². The zero-order chi connectivity index (χ0) is 14.5. The molecular weight excluding hydrogens is 254 g/mol. The molecule has 0 aliphatic carbocycles. The molecule has 1 aromatic carbocycles. The van der Waals surface area contributed by atoms with Gasteiger partial charge in [-0.25, -0.2) is 0 Å². The zero-order valence-electron chi connectivity index (χ0n) is 12.6. The summed E-state index contributed by atoms with van der Waals surface area (Å²) < 4.78 is 16.5. The summed E-state index contributed by atoms with van der Waals surface area (Å²) in [7, 11) is 0. The molecule has 0 radical (unpaired) electrons. The van der Waals surface area contributed by atoms with Crippen LogP contribution in [0.3, 0.4) is 0 Å². The Kier molecular flexibility index (Phi) is 9.92. The molecular formula is C16H27NO3. The van der Waals surface area contributed by atoms with Gasteiger partial charge in [0.25, 0.3) is 0 Å². The number of para-hydroxylation sites is 1. The lowest BCUT2D eigenvalue weighted by atomic mass is 10.3. The van der Waals surface area contributed by atoms with E-state index in [1.165, 1.54) is 0 Å². The van der Waals surface area contributed by atoms with E-state index in [1.54, 1.807) is 0 Å². The Bertz CT molecular complexity index is 319. The van der Waals surface area contributed by atoms with E-state index in [2.05, 4.69) is 12.2 Å². The highest BCUT2D eigenvalue weighted by Crippen LogP contribution is 2.07. The molecule has 4 nitrogen and oxygen atoms in total. The van der Waals surface area contributed by atoms with Gasteiger partial charge in [0, 0.05) is 19.8 Å². The first kappa shape index (κ1) is 17.0. The van der Waals surface area contributed by atoms with E-state index < -0.39 is 0 Å². The molecule has 4 heteroatoms. The predicted octanol–water partition coefficient (Wildman–Crippen LogP) is 2.49. The van der Waals surface area contributed by atoms with Gasteiger partial charge >= 0.3 is 0 Å². The van der Waals surface area contributed by atoms with Crippen LogP contribution in [0.1, 0.15) is 20.3 Å². The molecule has 20 heavy (non-hydrogen) atoms. The van der Waals surface area contributed by atoms with Crippen LogP contribution in [0.2, 0.25) is 0 Å². The first-order valence-electron chi connectivity index (χ1n) is 7.41. The number of nitrogens with one attached hydrogen (secondary N) is 1. The van der Waals surface area contributed by atoms with Gasteiger partial charge in [-0.05, 0) is 38.9 Å². The van der Waals surface area contributed by atoms with Gasteiger partial charge in [0.1, 0.15) is 12.4 Å². The Morgan fingerprint density at radius 2 is 1.90 bits per heavy atom. The van der Waals surface area contributed by atoms with Crippen LogP contribution in [0.15, 0.2) is 30.3 Å². The van der Waals surface area contributed by atoms with Crippen molar-refractivity contribution < 1.29 is 14.2 Å². The Hall–Kier alpha value is -1.10. The maximum Gasteiger partial charge on any atom is 0.119 e. The Morgan fingerprint density at radius 1 is 1.10 bits per heavy atom. The smallest absolute Gasteiger partial charge is 0.119 e. The lowest BCUT2D eigenvalue weighted by molar-refractivity contribution is 0.0444. The number of hydrogen-bond acceptors (Lipinski definition) is 4. The van der Waals surface area contributed by atoms with E-state index in [-0.39, 0.29) is 6.10 Å². The van der Waals surface area contributed by atoms with Crippen molar-refractivity contribution in [3.8, 4) is 5.75 Å². The van der Waals surface area contributed by atoms with E-state index in [4.69, 9.17) is 14.2 Å². The van der Waals surface area contributed by atoms with E-state index in [9.17, 15) is 0 Å². The van der Waals surface area contributed by atoms with Crippen LogP contribution in [0, 0.1) is 0 Å². The van der Waals surface area contributed by atoms with E-state index >= 15 is 0 Å².